The zero-order valence-corrected chi connectivity index (χ0v) is 16.7. The molecule has 1 N–H and O–H groups in total. The van der Waals surface area contributed by atoms with Crippen LogP contribution >= 0.6 is 11.3 Å². The van der Waals surface area contributed by atoms with Crippen molar-refractivity contribution in [2.45, 2.75) is 39.7 Å². The zero-order chi connectivity index (χ0) is 19.0. The van der Waals surface area contributed by atoms with Gasteiger partial charge in [0.15, 0.2) is 5.58 Å². The van der Waals surface area contributed by atoms with Gasteiger partial charge in [0.2, 0.25) is 0 Å². The number of nitrogens with one attached hydrogen (secondary N) is 1. The van der Waals surface area contributed by atoms with E-state index < -0.39 is 0 Å². The summed E-state index contributed by atoms with van der Waals surface area (Å²) in [7, 11) is 0. The Kier molecular flexibility index (Phi) is 4.86. The van der Waals surface area contributed by atoms with E-state index in [4.69, 9.17) is 4.52 Å². The van der Waals surface area contributed by atoms with Crippen molar-refractivity contribution in [2.75, 3.05) is 18.0 Å². The molecule has 0 aliphatic carbocycles. The SMILES string of the molecule is CC(C)C(C)NC(=O)c1cnc(-c2noc3cc(N4CCCC4)ccc23)s1. The fourth-order valence-corrected chi connectivity index (χ4v) is 4.00. The molecule has 1 saturated heterocycles. The largest absolute Gasteiger partial charge is 0.371 e. The monoisotopic (exact) mass is 384 g/mol. The molecular weight excluding hydrogens is 360 g/mol. The third-order valence-corrected chi connectivity index (χ3v) is 6.22. The molecule has 1 aliphatic heterocycles. The third kappa shape index (κ3) is 3.56. The number of benzene rings is 1. The highest BCUT2D eigenvalue weighted by atomic mass is 32.1. The number of fused-ring (bicyclic) bond motifs is 1. The van der Waals surface area contributed by atoms with Gasteiger partial charge in [-0.15, -0.1) is 11.3 Å². The lowest BCUT2D eigenvalue weighted by Crippen LogP contribution is -2.35. The molecule has 0 bridgehead atoms. The van der Waals surface area contributed by atoms with Crippen LogP contribution in [0.4, 0.5) is 5.69 Å². The van der Waals surface area contributed by atoms with Gasteiger partial charge in [-0.25, -0.2) is 4.98 Å². The van der Waals surface area contributed by atoms with E-state index in [1.165, 1.54) is 29.9 Å². The van der Waals surface area contributed by atoms with Crippen LogP contribution in [0.25, 0.3) is 21.7 Å². The smallest absolute Gasteiger partial charge is 0.263 e. The van der Waals surface area contributed by atoms with Crippen molar-refractivity contribution in [3.63, 3.8) is 0 Å². The van der Waals surface area contributed by atoms with Crippen molar-refractivity contribution < 1.29 is 9.32 Å². The summed E-state index contributed by atoms with van der Waals surface area (Å²) >= 11 is 1.34. The highest BCUT2D eigenvalue weighted by Crippen LogP contribution is 2.33. The summed E-state index contributed by atoms with van der Waals surface area (Å²) in [4.78, 5) is 19.8. The third-order valence-electron chi connectivity index (χ3n) is 5.22. The molecule has 142 valence electrons. The highest BCUT2D eigenvalue weighted by Gasteiger charge is 2.20. The molecule has 2 aromatic heterocycles. The maximum atomic E-state index is 12.4. The minimum Gasteiger partial charge on any atom is -0.371 e. The maximum Gasteiger partial charge on any atom is 0.263 e. The van der Waals surface area contributed by atoms with Gasteiger partial charge in [-0.05, 0) is 37.8 Å². The van der Waals surface area contributed by atoms with E-state index in [-0.39, 0.29) is 11.9 Å². The molecule has 6 nitrogen and oxygen atoms in total. The summed E-state index contributed by atoms with van der Waals surface area (Å²) in [6, 6.07) is 6.30. The average molecular weight is 385 g/mol. The van der Waals surface area contributed by atoms with Gasteiger partial charge in [0.1, 0.15) is 15.6 Å². The Labute approximate surface area is 162 Å². The van der Waals surface area contributed by atoms with Crippen molar-refractivity contribution in [1.82, 2.24) is 15.5 Å². The van der Waals surface area contributed by atoms with Gasteiger partial charge in [-0.3, -0.25) is 4.79 Å². The molecule has 3 heterocycles. The van der Waals surface area contributed by atoms with Crippen LogP contribution in [0.15, 0.2) is 28.9 Å². The van der Waals surface area contributed by atoms with Crippen LogP contribution in [-0.4, -0.2) is 35.2 Å². The van der Waals surface area contributed by atoms with Gasteiger partial charge in [-0.2, -0.15) is 0 Å². The van der Waals surface area contributed by atoms with Crippen molar-refractivity contribution >= 4 is 33.9 Å². The summed E-state index contributed by atoms with van der Waals surface area (Å²) in [5.74, 6) is 0.287. The van der Waals surface area contributed by atoms with E-state index in [9.17, 15) is 4.79 Å². The molecule has 0 spiro atoms. The van der Waals surface area contributed by atoms with Gasteiger partial charge in [-0.1, -0.05) is 19.0 Å². The van der Waals surface area contributed by atoms with E-state index in [1.54, 1.807) is 6.20 Å². The van der Waals surface area contributed by atoms with Crippen molar-refractivity contribution in [1.29, 1.82) is 0 Å². The van der Waals surface area contributed by atoms with E-state index in [0.29, 0.717) is 21.5 Å². The molecule has 7 heteroatoms. The second-order valence-corrected chi connectivity index (χ2v) is 8.47. The lowest BCUT2D eigenvalue weighted by atomic mass is 10.1. The van der Waals surface area contributed by atoms with Crippen molar-refractivity contribution in [3.8, 4) is 10.7 Å². The number of hydrogen-bond donors (Lipinski definition) is 1. The first-order valence-electron chi connectivity index (χ1n) is 9.44. The summed E-state index contributed by atoms with van der Waals surface area (Å²) in [6.45, 7) is 8.36. The Hall–Kier alpha value is -2.41. The summed E-state index contributed by atoms with van der Waals surface area (Å²) in [5.41, 5.74) is 2.62. The molecule has 4 rings (SSSR count). The number of anilines is 1. The van der Waals surface area contributed by atoms with E-state index in [0.717, 1.165) is 24.1 Å². The number of amides is 1. The molecule has 1 aliphatic rings. The Balaban J connectivity index is 1.58. The van der Waals surface area contributed by atoms with Crippen LogP contribution in [0.5, 0.6) is 0 Å². The van der Waals surface area contributed by atoms with Crippen LogP contribution < -0.4 is 10.2 Å². The van der Waals surface area contributed by atoms with E-state index >= 15 is 0 Å². The Morgan fingerprint density at radius 1 is 1.26 bits per heavy atom. The predicted molar refractivity (Wildman–Crippen MR) is 108 cm³/mol. The van der Waals surface area contributed by atoms with Crippen LogP contribution in [0.1, 0.15) is 43.3 Å². The van der Waals surface area contributed by atoms with Gasteiger partial charge in [0.25, 0.3) is 5.91 Å². The quantitative estimate of drug-likeness (QED) is 0.709. The first-order valence-corrected chi connectivity index (χ1v) is 10.3. The minimum atomic E-state index is -0.0935. The van der Waals surface area contributed by atoms with Crippen molar-refractivity contribution in [3.05, 3.63) is 29.3 Å². The Morgan fingerprint density at radius 2 is 2.04 bits per heavy atom. The molecular formula is C20H24N4O2S. The number of aromatic nitrogens is 2. The van der Waals surface area contributed by atoms with Gasteiger partial charge < -0.3 is 14.7 Å². The number of carbonyl (C=O) groups excluding carboxylic acids is 1. The van der Waals surface area contributed by atoms with Crippen molar-refractivity contribution in [2.24, 2.45) is 5.92 Å². The molecule has 1 unspecified atom stereocenters. The molecule has 1 amide bonds. The lowest BCUT2D eigenvalue weighted by molar-refractivity contribution is 0.0934. The summed E-state index contributed by atoms with van der Waals surface area (Å²) in [5, 5.41) is 8.85. The molecule has 0 radical (unpaired) electrons. The topological polar surface area (TPSA) is 71.3 Å². The number of thiazole rings is 1. The second kappa shape index (κ2) is 7.31. The molecule has 1 fully saturated rings. The molecule has 1 aromatic carbocycles. The molecule has 3 aromatic rings. The van der Waals surface area contributed by atoms with Crippen LogP contribution in [-0.2, 0) is 0 Å². The number of nitrogens with zero attached hydrogens (tertiary/aromatic N) is 3. The van der Waals surface area contributed by atoms with E-state index in [1.807, 2.05) is 19.1 Å². The fourth-order valence-electron chi connectivity index (χ4n) is 3.19. The minimum absolute atomic E-state index is 0.0935. The number of carbonyl (C=O) groups is 1. The van der Waals surface area contributed by atoms with Crippen LogP contribution in [0.3, 0.4) is 0 Å². The molecule has 27 heavy (non-hydrogen) atoms. The first kappa shape index (κ1) is 18.0. The van der Waals surface area contributed by atoms with Gasteiger partial charge in [0, 0.05) is 30.9 Å². The predicted octanol–water partition coefficient (Wildman–Crippen LogP) is 4.33. The highest BCUT2D eigenvalue weighted by molar-refractivity contribution is 7.17. The van der Waals surface area contributed by atoms with Gasteiger partial charge >= 0.3 is 0 Å². The average Bonchev–Trinajstić information content (AvgIpc) is 3.39. The summed E-state index contributed by atoms with van der Waals surface area (Å²) in [6.07, 6.45) is 4.08. The molecule has 0 saturated carbocycles. The number of hydrogen-bond acceptors (Lipinski definition) is 6. The zero-order valence-electron chi connectivity index (χ0n) is 15.9. The number of rotatable bonds is 5. The molecule has 1 atom stereocenters. The Bertz CT molecular complexity index is 956. The standard InChI is InChI=1S/C20H24N4O2S/c1-12(2)13(3)22-19(25)17-11-21-20(27-17)18-15-7-6-14(10-16(15)26-23-18)24-8-4-5-9-24/h6-7,10-13H,4-5,8-9H2,1-3H3,(H,22,25). The first-order chi connectivity index (χ1) is 13.0. The Morgan fingerprint density at radius 3 is 2.78 bits per heavy atom. The second-order valence-electron chi connectivity index (χ2n) is 7.44. The van der Waals surface area contributed by atoms with Crippen LogP contribution in [0, 0.1) is 5.92 Å². The maximum absolute atomic E-state index is 12.4. The van der Waals surface area contributed by atoms with Gasteiger partial charge in [0.05, 0.1) is 11.6 Å². The fraction of sp³-hybridized carbons (Fsp3) is 0.450. The normalized spacial score (nSPS) is 15.6. The summed E-state index contributed by atoms with van der Waals surface area (Å²) < 4.78 is 5.56. The van der Waals surface area contributed by atoms with Crippen LogP contribution in [0.2, 0.25) is 0 Å². The lowest BCUT2D eigenvalue weighted by Gasteiger charge is -2.16. The van der Waals surface area contributed by atoms with E-state index in [2.05, 4.69) is 40.3 Å².